The fourth-order valence-corrected chi connectivity index (χ4v) is 0.476. The Morgan fingerprint density at radius 1 is 1.57 bits per heavy atom. The molecule has 1 aliphatic heterocycles. The van der Waals surface area contributed by atoms with Crippen molar-refractivity contribution >= 4 is 0 Å². The summed E-state index contributed by atoms with van der Waals surface area (Å²) in [5.74, 6) is 4.78. The minimum atomic E-state index is 0.667. The Balaban J connectivity index is 1.80. The molecule has 0 atom stereocenters. The van der Waals surface area contributed by atoms with Crippen molar-refractivity contribution in [1.29, 1.82) is 0 Å². The van der Waals surface area contributed by atoms with E-state index in [0.29, 0.717) is 6.61 Å². The molecule has 1 aliphatic rings. The Morgan fingerprint density at radius 2 is 2.29 bits per heavy atom. The zero-order valence-electron chi connectivity index (χ0n) is 4.26. The van der Waals surface area contributed by atoms with Crippen LogP contribution in [0.4, 0.5) is 0 Å². The number of nitrogens with zero attached hydrogens (tertiary/aromatic N) is 1. The second-order valence-electron chi connectivity index (χ2n) is 1.71. The zero-order chi connectivity index (χ0) is 5.11. The fraction of sp³-hybridized carbons (Fsp3) is 1.00. The minimum absolute atomic E-state index is 0.667. The largest absolute Gasteiger partial charge is 0.303 e. The lowest BCUT2D eigenvalue weighted by molar-refractivity contribution is 0.130. The van der Waals surface area contributed by atoms with Crippen LogP contribution in [0.15, 0.2) is 0 Å². The Labute approximate surface area is 43.0 Å². The van der Waals surface area contributed by atoms with Gasteiger partial charge in [-0.05, 0) is 0 Å². The van der Waals surface area contributed by atoms with Gasteiger partial charge < -0.3 is 4.84 Å². The van der Waals surface area contributed by atoms with E-state index in [0.717, 1.165) is 6.54 Å². The molecular weight excluding hydrogens is 92.1 g/mol. The van der Waals surface area contributed by atoms with Crippen molar-refractivity contribution in [3.63, 3.8) is 0 Å². The van der Waals surface area contributed by atoms with E-state index in [1.165, 1.54) is 13.1 Å². The third kappa shape index (κ3) is 1.87. The van der Waals surface area contributed by atoms with E-state index in [-0.39, 0.29) is 0 Å². The maximum absolute atomic E-state index is 4.78. The SMILES string of the molecule is NOCCN1CC1. The molecule has 42 valence electrons. The van der Waals surface area contributed by atoms with Gasteiger partial charge in [0.05, 0.1) is 6.61 Å². The summed E-state index contributed by atoms with van der Waals surface area (Å²) < 4.78 is 0. The Bertz CT molecular complexity index is 53.7. The second-order valence-corrected chi connectivity index (χ2v) is 1.71. The van der Waals surface area contributed by atoms with Crippen LogP contribution in [-0.2, 0) is 4.84 Å². The number of rotatable bonds is 3. The highest BCUT2D eigenvalue weighted by atomic mass is 16.6. The highest BCUT2D eigenvalue weighted by molar-refractivity contribution is 4.70. The van der Waals surface area contributed by atoms with E-state index in [9.17, 15) is 0 Å². The van der Waals surface area contributed by atoms with Crippen LogP contribution in [0.5, 0.6) is 0 Å². The van der Waals surface area contributed by atoms with Crippen LogP contribution in [0.3, 0.4) is 0 Å². The summed E-state index contributed by atoms with van der Waals surface area (Å²) in [5, 5.41) is 0. The van der Waals surface area contributed by atoms with Gasteiger partial charge in [0.25, 0.3) is 0 Å². The van der Waals surface area contributed by atoms with E-state index in [1.807, 2.05) is 0 Å². The van der Waals surface area contributed by atoms with E-state index < -0.39 is 0 Å². The quantitative estimate of drug-likeness (QED) is 0.374. The lowest BCUT2D eigenvalue weighted by Crippen LogP contribution is -2.11. The summed E-state index contributed by atoms with van der Waals surface area (Å²) in [6.07, 6.45) is 0. The first-order chi connectivity index (χ1) is 3.43. The third-order valence-corrected chi connectivity index (χ3v) is 1.07. The maximum atomic E-state index is 4.78. The van der Waals surface area contributed by atoms with E-state index in [2.05, 4.69) is 9.74 Å². The topological polar surface area (TPSA) is 38.3 Å². The molecule has 0 amide bonds. The van der Waals surface area contributed by atoms with Crippen LogP contribution in [0.25, 0.3) is 0 Å². The Hall–Kier alpha value is -0.120. The number of hydrogen-bond donors (Lipinski definition) is 1. The monoisotopic (exact) mass is 102 g/mol. The molecule has 2 N–H and O–H groups in total. The summed E-state index contributed by atoms with van der Waals surface area (Å²) in [7, 11) is 0. The zero-order valence-corrected chi connectivity index (χ0v) is 4.26. The molecule has 1 heterocycles. The summed E-state index contributed by atoms with van der Waals surface area (Å²) in [4.78, 5) is 6.61. The van der Waals surface area contributed by atoms with Gasteiger partial charge in [0.1, 0.15) is 0 Å². The first kappa shape index (κ1) is 5.03. The normalized spacial score (nSPS) is 20.1. The van der Waals surface area contributed by atoms with Crippen LogP contribution in [0.1, 0.15) is 0 Å². The van der Waals surface area contributed by atoms with Gasteiger partial charge in [-0.3, -0.25) is 4.90 Å². The standard InChI is InChI=1S/C4H10N2O/c5-7-4-3-6-1-2-6/h1-5H2. The van der Waals surface area contributed by atoms with Crippen molar-refractivity contribution in [2.75, 3.05) is 26.2 Å². The van der Waals surface area contributed by atoms with Crippen molar-refractivity contribution in [1.82, 2.24) is 4.90 Å². The molecule has 0 aromatic rings. The van der Waals surface area contributed by atoms with E-state index in [1.54, 1.807) is 0 Å². The van der Waals surface area contributed by atoms with Crippen molar-refractivity contribution in [3.8, 4) is 0 Å². The fourth-order valence-electron chi connectivity index (χ4n) is 0.476. The molecule has 0 bridgehead atoms. The average molecular weight is 102 g/mol. The van der Waals surface area contributed by atoms with Crippen molar-refractivity contribution in [2.45, 2.75) is 0 Å². The van der Waals surface area contributed by atoms with Gasteiger partial charge in [0.15, 0.2) is 0 Å². The maximum Gasteiger partial charge on any atom is 0.0806 e. The molecule has 1 rings (SSSR count). The third-order valence-electron chi connectivity index (χ3n) is 1.07. The molecular formula is C4H10N2O. The molecule has 0 aliphatic carbocycles. The lowest BCUT2D eigenvalue weighted by Gasteiger charge is -1.94. The van der Waals surface area contributed by atoms with E-state index in [4.69, 9.17) is 5.90 Å². The highest BCUT2D eigenvalue weighted by Crippen LogP contribution is 1.99. The predicted octanol–water partition coefficient (Wildman–Crippen LogP) is -0.808. The Morgan fingerprint density at radius 3 is 2.71 bits per heavy atom. The highest BCUT2D eigenvalue weighted by Gasteiger charge is 2.15. The van der Waals surface area contributed by atoms with Gasteiger partial charge in [-0.25, -0.2) is 5.90 Å². The Kier molecular flexibility index (Phi) is 1.62. The first-order valence-electron chi connectivity index (χ1n) is 2.47. The van der Waals surface area contributed by atoms with E-state index >= 15 is 0 Å². The lowest BCUT2D eigenvalue weighted by atomic mass is 10.7. The molecule has 0 aromatic carbocycles. The predicted molar refractivity (Wildman–Crippen MR) is 26.6 cm³/mol. The summed E-state index contributed by atoms with van der Waals surface area (Å²) >= 11 is 0. The molecule has 0 spiro atoms. The van der Waals surface area contributed by atoms with Crippen LogP contribution in [0, 0.1) is 0 Å². The van der Waals surface area contributed by atoms with Crippen molar-refractivity contribution in [3.05, 3.63) is 0 Å². The summed E-state index contributed by atoms with van der Waals surface area (Å²) in [6, 6.07) is 0. The van der Waals surface area contributed by atoms with Crippen LogP contribution >= 0.6 is 0 Å². The smallest absolute Gasteiger partial charge is 0.0806 e. The average Bonchev–Trinajstić information content (AvgIpc) is 2.42. The summed E-state index contributed by atoms with van der Waals surface area (Å²) in [6.45, 7) is 4.11. The van der Waals surface area contributed by atoms with Crippen LogP contribution < -0.4 is 5.90 Å². The van der Waals surface area contributed by atoms with Gasteiger partial charge >= 0.3 is 0 Å². The molecule has 0 saturated carbocycles. The second kappa shape index (κ2) is 2.26. The molecule has 7 heavy (non-hydrogen) atoms. The minimum Gasteiger partial charge on any atom is -0.303 e. The molecule has 0 radical (unpaired) electrons. The van der Waals surface area contributed by atoms with Crippen molar-refractivity contribution in [2.24, 2.45) is 5.90 Å². The van der Waals surface area contributed by atoms with Gasteiger partial charge in [-0.1, -0.05) is 0 Å². The van der Waals surface area contributed by atoms with Gasteiger partial charge in [-0.15, -0.1) is 0 Å². The molecule has 3 heteroatoms. The molecule has 0 unspecified atom stereocenters. The van der Waals surface area contributed by atoms with Gasteiger partial charge in [0.2, 0.25) is 0 Å². The van der Waals surface area contributed by atoms with Gasteiger partial charge in [-0.2, -0.15) is 0 Å². The summed E-state index contributed by atoms with van der Waals surface area (Å²) in [5.41, 5.74) is 0. The number of hydrogen-bond acceptors (Lipinski definition) is 3. The van der Waals surface area contributed by atoms with Crippen molar-refractivity contribution < 1.29 is 4.84 Å². The molecule has 0 aromatic heterocycles. The first-order valence-corrected chi connectivity index (χ1v) is 2.47. The molecule has 3 nitrogen and oxygen atoms in total. The molecule has 1 saturated heterocycles. The van der Waals surface area contributed by atoms with Gasteiger partial charge in [0, 0.05) is 19.6 Å². The number of nitrogens with two attached hydrogens (primary N) is 1. The van der Waals surface area contributed by atoms with Crippen LogP contribution in [0.2, 0.25) is 0 Å². The molecule has 1 fully saturated rings. The van der Waals surface area contributed by atoms with Crippen LogP contribution in [-0.4, -0.2) is 31.1 Å².